The Morgan fingerprint density at radius 1 is 1.47 bits per heavy atom. The van der Waals surface area contributed by atoms with Gasteiger partial charge < -0.3 is 15.7 Å². The zero-order valence-corrected chi connectivity index (χ0v) is 11.9. The molecule has 0 bridgehead atoms. The number of aliphatic hydroxyl groups is 1. The topological polar surface area (TPSA) is 49.5 Å². The molecule has 3 nitrogen and oxygen atoms in total. The van der Waals surface area contributed by atoms with E-state index in [0.717, 1.165) is 12.3 Å². The van der Waals surface area contributed by atoms with Crippen molar-refractivity contribution in [3.63, 3.8) is 0 Å². The predicted octanol–water partition coefficient (Wildman–Crippen LogP) is 1.99. The van der Waals surface area contributed by atoms with Gasteiger partial charge in [0.1, 0.15) is 0 Å². The van der Waals surface area contributed by atoms with Gasteiger partial charge in [0.05, 0.1) is 6.61 Å². The van der Waals surface area contributed by atoms with E-state index in [0.29, 0.717) is 12.1 Å². The Morgan fingerprint density at radius 2 is 2.12 bits per heavy atom. The Morgan fingerprint density at radius 3 is 2.65 bits per heavy atom. The van der Waals surface area contributed by atoms with Crippen molar-refractivity contribution in [1.82, 2.24) is 4.90 Å². The van der Waals surface area contributed by atoms with E-state index in [1.165, 1.54) is 25.7 Å². The Bertz CT molecular complexity index is 230. The first-order valence-corrected chi connectivity index (χ1v) is 6.97. The van der Waals surface area contributed by atoms with Gasteiger partial charge in [-0.15, -0.1) is 0 Å². The summed E-state index contributed by atoms with van der Waals surface area (Å²) in [5.74, 6) is 0.852. The maximum absolute atomic E-state index is 9.23. The maximum atomic E-state index is 9.23. The molecule has 0 aromatic carbocycles. The molecule has 0 saturated heterocycles. The lowest BCUT2D eigenvalue weighted by molar-refractivity contribution is 0.0950. The van der Waals surface area contributed by atoms with E-state index in [1.807, 2.05) is 6.92 Å². The highest BCUT2D eigenvalue weighted by Crippen LogP contribution is 2.28. The summed E-state index contributed by atoms with van der Waals surface area (Å²) in [6.45, 7) is 6.57. The Hall–Kier alpha value is -0.120. The maximum Gasteiger partial charge on any atom is 0.0609 e. The molecular formula is C14H30N2O. The molecule has 0 aromatic rings. The van der Waals surface area contributed by atoms with Gasteiger partial charge in [0.25, 0.3) is 0 Å². The Kier molecular flexibility index (Phi) is 5.42. The molecule has 3 N–H and O–H groups in total. The molecule has 1 fully saturated rings. The van der Waals surface area contributed by atoms with E-state index >= 15 is 0 Å². The van der Waals surface area contributed by atoms with Crippen LogP contribution in [-0.4, -0.2) is 41.3 Å². The van der Waals surface area contributed by atoms with Crippen LogP contribution in [0.5, 0.6) is 0 Å². The molecule has 102 valence electrons. The monoisotopic (exact) mass is 242 g/mol. The molecule has 4 atom stereocenters. The minimum absolute atomic E-state index is 0.0618. The second-order valence-electron chi connectivity index (χ2n) is 6.46. The fourth-order valence-corrected chi connectivity index (χ4v) is 3.02. The van der Waals surface area contributed by atoms with Crippen LogP contribution >= 0.6 is 0 Å². The summed E-state index contributed by atoms with van der Waals surface area (Å²) in [6, 6.07) is 1.13. The van der Waals surface area contributed by atoms with Crippen LogP contribution in [0.2, 0.25) is 0 Å². The van der Waals surface area contributed by atoms with Crippen LogP contribution in [-0.2, 0) is 0 Å². The standard InChI is InChI=1S/C14H30N2O/c1-11-6-5-7-13(8-11)16(4)12(2)9-14(3,15)10-17/h11-13,17H,5-10,15H2,1-4H3. The van der Waals surface area contributed by atoms with Crippen LogP contribution in [0.25, 0.3) is 0 Å². The third-order valence-electron chi connectivity index (χ3n) is 4.30. The molecule has 1 aliphatic carbocycles. The lowest BCUT2D eigenvalue weighted by atomic mass is 9.85. The van der Waals surface area contributed by atoms with Gasteiger partial charge in [-0.3, -0.25) is 0 Å². The first-order valence-electron chi connectivity index (χ1n) is 6.97. The summed E-state index contributed by atoms with van der Waals surface area (Å²) in [4.78, 5) is 2.47. The average Bonchev–Trinajstić information content (AvgIpc) is 2.27. The summed E-state index contributed by atoms with van der Waals surface area (Å²) in [6.07, 6.45) is 6.20. The van der Waals surface area contributed by atoms with Gasteiger partial charge in [-0.2, -0.15) is 0 Å². The summed E-state index contributed by atoms with van der Waals surface area (Å²) >= 11 is 0. The minimum Gasteiger partial charge on any atom is -0.394 e. The molecule has 1 rings (SSSR count). The highest BCUT2D eigenvalue weighted by atomic mass is 16.3. The zero-order chi connectivity index (χ0) is 13.1. The van der Waals surface area contributed by atoms with E-state index in [1.54, 1.807) is 0 Å². The number of nitrogens with zero attached hydrogens (tertiary/aromatic N) is 1. The fraction of sp³-hybridized carbons (Fsp3) is 1.00. The van der Waals surface area contributed by atoms with E-state index in [2.05, 4.69) is 25.8 Å². The number of rotatable bonds is 5. The van der Waals surface area contributed by atoms with Crippen molar-refractivity contribution in [2.24, 2.45) is 11.7 Å². The van der Waals surface area contributed by atoms with Gasteiger partial charge in [0.15, 0.2) is 0 Å². The van der Waals surface area contributed by atoms with Gasteiger partial charge in [-0.1, -0.05) is 19.8 Å². The van der Waals surface area contributed by atoms with Crippen molar-refractivity contribution in [3.8, 4) is 0 Å². The highest BCUT2D eigenvalue weighted by Gasteiger charge is 2.28. The van der Waals surface area contributed by atoms with Crippen molar-refractivity contribution >= 4 is 0 Å². The minimum atomic E-state index is -0.450. The van der Waals surface area contributed by atoms with E-state index in [9.17, 15) is 5.11 Å². The number of hydrogen-bond donors (Lipinski definition) is 2. The molecule has 1 aliphatic rings. The molecule has 0 aliphatic heterocycles. The number of hydrogen-bond acceptors (Lipinski definition) is 3. The number of aliphatic hydroxyl groups excluding tert-OH is 1. The van der Waals surface area contributed by atoms with Crippen LogP contribution < -0.4 is 5.73 Å². The first kappa shape index (κ1) is 14.9. The van der Waals surface area contributed by atoms with Crippen molar-refractivity contribution < 1.29 is 5.11 Å². The van der Waals surface area contributed by atoms with Gasteiger partial charge in [-0.05, 0) is 46.1 Å². The van der Waals surface area contributed by atoms with Crippen molar-refractivity contribution in [1.29, 1.82) is 0 Å². The lowest BCUT2D eigenvalue weighted by Crippen LogP contribution is -2.49. The van der Waals surface area contributed by atoms with E-state index in [-0.39, 0.29) is 6.61 Å². The van der Waals surface area contributed by atoms with Crippen molar-refractivity contribution in [2.45, 2.75) is 70.5 Å². The van der Waals surface area contributed by atoms with Gasteiger partial charge in [-0.25, -0.2) is 0 Å². The van der Waals surface area contributed by atoms with E-state index in [4.69, 9.17) is 5.73 Å². The number of nitrogens with two attached hydrogens (primary N) is 1. The lowest BCUT2D eigenvalue weighted by Gasteiger charge is -2.40. The van der Waals surface area contributed by atoms with E-state index < -0.39 is 5.54 Å². The molecule has 0 radical (unpaired) electrons. The third kappa shape index (κ3) is 4.57. The zero-order valence-electron chi connectivity index (χ0n) is 11.9. The SMILES string of the molecule is CC1CCCC(N(C)C(C)CC(C)(N)CO)C1. The summed E-state index contributed by atoms with van der Waals surface area (Å²) < 4.78 is 0. The molecule has 0 aromatic heterocycles. The van der Waals surface area contributed by atoms with Crippen LogP contribution in [0.1, 0.15) is 52.9 Å². The smallest absolute Gasteiger partial charge is 0.0609 e. The fourth-order valence-electron chi connectivity index (χ4n) is 3.02. The summed E-state index contributed by atoms with van der Waals surface area (Å²) in [7, 11) is 2.21. The molecule has 0 heterocycles. The van der Waals surface area contributed by atoms with Gasteiger partial charge in [0.2, 0.25) is 0 Å². The van der Waals surface area contributed by atoms with Gasteiger partial charge >= 0.3 is 0 Å². The first-order chi connectivity index (χ1) is 7.85. The third-order valence-corrected chi connectivity index (χ3v) is 4.30. The van der Waals surface area contributed by atoms with Crippen LogP contribution in [0.4, 0.5) is 0 Å². The second-order valence-corrected chi connectivity index (χ2v) is 6.46. The molecule has 3 heteroatoms. The largest absolute Gasteiger partial charge is 0.394 e. The normalized spacial score (nSPS) is 31.2. The molecule has 4 unspecified atom stereocenters. The molecule has 0 spiro atoms. The van der Waals surface area contributed by atoms with Crippen LogP contribution in [0.3, 0.4) is 0 Å². The molecule has 17 heavy (non-hydrogen) atoms. The quantitative estimate of drug-likeness (QED) is 0.775. The molecule has 0 amide bonds. The van der Waals surface area contributed by atoms with Crippen molar-refractivity contribution in [2.75, 3.05) is 13.7 Å². The van der Waals surface area contributed by atoms with Crippen LogP contribution in [0.15, 0.2) is 0 Å². The summed E-state index contributed by atoms with van der Waals surface area (Å²) in [5.41, 5.74) is 5.58. The summed E-state index contributed by atoms with van der Waals surface area (Å²) in [5, 5.41) is 9.23. The predicted molar refractivity (Wildman–Crippen MR) is 72.9 cm³/mol. The average molecular weight is 242 g/mol. The molecule has 1 saturated carbocycles. The van der Waals surface area contributed by atoms with Crippen molar-refractivity contribution in [3.05, 3.63) is 0 Å². The van der Waals surface area contributed by atoms with Crippen LogP contribution in [0, 0.1) is 5.92 Å². The Balaban J connectivity index is 2.48. The van der Waals surface area contributed by atoms with Gasteiger partial charge in [0, 0.05) is 17.6 Å². The Labute approximate surface area is 106 Å². The second kappa shape index (κ2) is 6.17. The molecular weight excluding hydrogens is 212 g/mol. The highest BCUT2D eigenvalue weighted by molar-refractivity contribution is 4.86.